The van der Waals surface area contributed by atoms with Crippen LogP contribution >= 0.6 is 12.2 Å². The lowest BCUT2D eigenvalue weighted by Crippen LogP contribution is -2.52. The topological polar surface area (TPSA) is 95.1 Å². The molecule has 36 heavy (non-hydrogen) atoms. The molecule has 8 nitrogen and oxygen atoms in total. The second-order valence-corrected chi connectivity index (χ2v) is 9.27. The molecule has 5 atom stereocenters. The fourth-order valence-corrected chi connectivity index (χ4v) is 4.19. The summed E-state index contributed by atoms with van der Waals surface area (Å²) in [6.45, 7) is 8.21. The largest absolute Gasteiger partial charge is 0.466 e. The summed E-state index contributed by atoms with van der Waals surface area (Å²) >= 11 is 5.34. The van der Waals surface area contributed by atoms with E-state index in [9.17, 15) is 9.59 Å². The Morgan fingerprint density at radius 2 is 1.89 bits per heavy atom. The number of ether oxygens (including phenoxy) is 4. The van der Waals surface area contributed by atoms with Gasteiger partial charge in [-0.05, 0) is 62.7 Å². The Balaban J connectivity index is 1.96. The van der Waals surface area contributed by atoms with Gasteiger partial charge in [0.1, 0.15) is 11.9 Å². The SMILES string of the molecule is C#CCCCCNC(=S)Nc1ccc(O[C@H]2O[C@H](CCC(=O)OCC)[C@@H](OC(C)=O)[C@H](C)[C@@H]2C)cc1. The number of benzene rings is 1. The van der Waals surface area contributed by atoms with Gasteiger partial charge in [-0.1, -0.05) is 13.8 Å². The summed E-state index contributed by atoms with van der Waals surface area (Å²) in [5.41, 5.74) is 0.830. The Bertz CT molecular complexity index is 901. The number of thiocarbonyl (C=S) groups is 1. The van der Waals surface area contributed by atoms with Crippen LogP contribution in [0, 0.1) is 24.2 Å². The van der Waals surface area contributed by atoms with E-state index in [-0.39, 0.29) is 30.2 Å². The van der Waals surface area contributed by atoms with E-state index in [4.69, 9.17) is 37.6 Å². The molecule has 1 fully saturated rings. The number of unbranched alkanes of at least 4 members (excludes halogenated alkanes) is 2. The molecule has 0 radical (unpaired) electrons. The van der Waals surface area contributed by atoms with E-state index in [1.807, 2.05) is 38.1 Å². The highest BCUT2D eigenvalue weighted by Gasteiger charge is 2.44. The van der Waals surface area contributed by atoms with Crippen LogP contribution in [0.15, 0.2) is 24.3 Å². The van der Waals surface area contributed by atoms with Gasteiger partial charge in [0.2, 0.25) is 6.29 Å². The molecule has 0 bridgehead atoms. The second kappa shape index (κ2) is 15.3. The van der Waals surface area contributed by atoms with Crippen LogP contribution in [-0.4, -0.2) is 48.7 Å². The van der Waals surface area contributed by atoms with Crippen molar-refractivity contribution in [1.29, 1.82) is 0 Å². The Morgan fingerprint density at radius 1 is 1.17 bits per heavy atom. The maximum absolute atomic E-state index is 11.9. The molecule has 1 aromatic carbocycles. The summed E-state index contributed by atoms with van der Waals surface area (Å²) in [5.74, 6) is 2.47. The number of carbonyl (C=O) groups is 2. The van der Waals surface area contributed by atoms with Crippen LogP contribution in [0.3, 0.4) is 0 Å². The molecule has 1 aliphatic heterocycles. The van der Waals surface area contributed by atoms with Crippen LogP contribution in [-0.2, 0) is 23.8 Å². The molecule has 0 aromatic heterocycles. The summed E-state index contributed by atoms with van der Waals surface area (Å²) < 4.78 is 23.0. The monoisotopic (exact) mass is 518 g/mol. The van der Waals surface area contributed by atoms with Gasteiger partial charge in [0.05, 0.1) is 12.7 Å². The van der Waals surface area contributed by atoms with Gasteiger partial charge in [0.25, 0.3) is 0 Å². The first-order valence-electron chi connectivity index (χ1n) is 12.5. The van der Waals surface area contributed by atoms with Crippen molar-refractivity contribution in [3.05, 3.63) is 24.3 Å². The normalized spacial score (nSPS) is 23.1. The van der Waals surface area contributed by atoms with Crippen LogP contribution < -0.4 is 15.4 Å². The molecule has 0 unspecified atom stereocenters. The third-order valence-electron chi connectivity index (χ3n) is 6.09. The number of terminal acetylenes is 1. The van der Waals surface area contributed by atoms with Crippen molar-refractivity contribution in [3.8, 4) is 18.1 Å². The van der Waals surface area contributed by atoms with Gasteiger partial charge in [0, 0.05) is 43.8 Å². The van der Waals surface area contributed by atoms with Crippen LogP contribution in [0.1, 0.15) is 59.8 Å². The van der Waals surface area contributed by atoms with Crippen LogP contribution in [0.25, 0.3) is 0 Å². The molecule has 9 heteroatoms. The van der Waals surface area contributed by atoms with Gasteiger partial charge in [-0.3, -0.25) is 9.59 Å². The van der Waals surface area contributed by atoms with Crippen molar-refractivity contribution in [2.24, 2.45) is 11.8 Å². The van der Waals surface area contributed by atoms with Crippen molar-refractivity contribution in [1.82, 2.24) is 5.32 Å². The predicted octanol–water partition coefficient (Wildman–Crippen LogP) is 4.43. The van der Waals surface area contributed by atoms with Gasteiger partial charge in [0.15, 0.2) is 5.11 Å². The van der Waals surface area contributed by atoms with E-state index >= 15 is 0 Å². The van der Waals surface area contributed by atoms with E-state index in [0.29, 0.717) is 23.9 Å². The summed E-state index contributed by atoms with van der Waals surface area (Å²) in [5, 5.41) is 6.86. The first kappa shape index (κ1) is 29.4. The molecular weight excluding hydrogens is 480 g/mol. The number of anilines is 1. The Hall–Kier alpha value is -2.83. The second-order valence-electron chi connectivity index (χ2n) is 8.86. The maximum atomic E-state index is 11.9. The van der Waals surface area contributed by atoms with E-state index in [0.717, 1.165) is 31.5 Å². The minimum atomic E-state index is -0.566. The number of hydrogen-bond donors (Lipinski definition) is 2. The molecule has 198 valence electrons. The zero-order valence-corrected chi connectivity index (χ0v) is 22.4. The Labute approximate surface area is 219 Å². The molecule has 0 amide bonds. The summed E-state index contributed by atoms with van der Waals surface area (Å²) in [6, 6.07) is 7.42. The van der Waals surface area contributed by atoms with Crippen molar-refractivity contribution in [2.75, 3.05) is 18.5 Å². The van der Waals surface area contributed by atoms with Gasteiger partial charge < -0.3 is 29.6 Å². The van der Waals surface area contributed by atoms with Crippen molar-refractivity contribution in [2.45, 2.75) is 78.3 Å². The predicted molar refractivity (Wildman–Crippen MR) is 142 cm³/mol. The summed E-state index contributed by atoms with van der Waals surface area (Å²) in [7, 11) is 0. The molecule has 2 N–H and O–H groups in total. The molecule has 1 aliphatic rings. The molecule has 1 heterocycles. The van der Waals surface area contributed by atoms with Gasteiger partial charge in [-0.2, -0.15) is 0 Å². The molecule has 1 saturated heterocycles. The third kappa shape index (κ3) is 9.67. The lowest BCUT2D eigenvalue weighted by molar-refractivity contribution is -0.241. The third-order valence-corrected chi connectivity index (χ3v) is 6.34. The standard InChI is InChI=1S/C27H38N2O6S/c1-6-8-9-10-17-28-27(36)29-21-11-13-22(14-12-21)34-26-19(4)18(3)25(33-20(5)30)23(35-26)15-16-24(31)32-7-2/h1,11-14,18-19,23,25-26H,7-10,15-17H2,2-5H3,(H2,28,29,36)/t18-,19+,23-,25+,26+/m1/s1. The Morgan fingerprint density at radius 3 is 2.53 bits per heavy atom. The van der Waals surface area contributed by atoms with E-state index < -0.39 is 18.5 Å². The van der Waals surface area contributed by atoms with E-state index in [1.165, 1.54) is 6.92 Å². The number of nitrogens with one attached hydrogen (secondary N) is 2. The molecule has 0 aliphatic carbocycles. The number of esters is 2. The first-order valence-corrected chi connectivity index (χ1v) is 12.9. The van der Waals surface area contributed by atoms with E-state index in [2.05, 4.69) is 16.6 Å². The number of hydrogen-bond acceptors (Lipinski definition) is 7. The molecule has 0 spiro atoms. The van der Waals surface area contributed by atoms with Crippen molar-refractivity contribution >= 4 is 35.0 Å². The maximum Gasteiger partial charge on any atom is 0.305 e. The van der Waals surface area contributed by atoms with Gasteiger partial charge in [-0.15, -0.1) is 12.3 Å². The highest BCUT2D eigenvalue weighted by atomic mass is 32.1. The van der Waals surface area contributed by atoms with Crippen LogP contribution in [0.4, 0.5) is 5.69 Å². The minimum absolute atomic E-state index is 0.0372. The highest BCUT2D eigenvalue weighted by Crippen LogP contribution is 2.36. The number of carbonyl (C=O) groups excluding carboxylic acids is 2. The van der Waals surface area contributed by atoms with Crippen LogP contribution in [0.5, 0.6) is 5.75 Å². The van der Waals surface area contributed by atoms with Crippen molar-refractivity contribution < 1.29 is 28.5 Å². The van der Waals surface area contributed by atoms with E-state index in [1.54, 1.807) is 6.92 Å². The smallest absolute Gasteiger partial charge is 0.305 e. The van der Waals surface area contributed by atoms with Crippen molar-refractivity contribution in [3.63, 3.8) is 0 Å². The lowest BCUT2D eigenvalue weighted by Gasteiger charge is -2.43. The van der Waals surface area contributed by atoms with Gasteiger partial charge >= 0.3 is 11.9 Å². The van der Waals surface area contributed by atoms with Crippen LogP contribution in [0.2, 0.25) is 0 Å². The fourth-order valence-electron chi connectivity index (χ4n) is 3.98. The average Bonchev–Trinajstić information content (AvgIpc) is 2.84. The summed E-state index contributed by atoms with van der Waals surface area (Å²) in [6.07, 6.45) is 6.95. The molecule has 0 saturated carbocycles. The minimum Gasteiger partial charge on any atom is -0.466 e. The fraction of sp³-hybridized carbons (Fsp3) is 0.593. The molecule has 2 rings (SSSR count). The first-order chi connectivity index (χ1) is 17.2. The zero-order valence-electron chi connectivity index (χ0n) is 21.6. The quantitative estimate of drug-likeness (QED) is 0.180. The van der Waals surface area contributed by atoms with Gasteiger partial charge in [-0.25, -0.2) is 0 Å². The molecular formula is C27H38N2O6S. The zero-order chi connectivity index (χ0) is 26.5. The lowest BCUT2D eigenvalue weighted by atomic mass is 9.83. The number of rotatable bonds is 12. The average molecular weight is 519 g/mol. The summed E-state index contributed by atoms with van der Waals surface area (Å²) in [4.78, 5) is 23.6. The highest BCUT2D eigenvalue weighted by molar-refractivity contribution is 7.80. The Kier molecular flexibility index (Phi) is 12.5. The molecule has 1 aromatic rings.